The number of hydrogen-bond donors (Lipinski definition) is 1. The van der Waals surface area contributed by atoms with Crippen LogP contribution in [0.5, 0.6) is 5.75 Å². The van der Waals surface area contributed by atoms with Crippen LogP contribution >= 0.6 is 0 Å². The van der Waals surface area contributed by atoms with Gasteiger partial charge in [0, 0.05) is 38.1 Å². The summed E-state index contributed by atoms with van der Waals surface area (Å²) < 4.78 is 5.49. The van der Waals surface area contributed by atoms with Crippen molar-refractivity contribution in [3.63, 3.8) is 0 Å². The molecule has 3 saturated heterocycles. The third kappa shape index (κ3) is 4.83. The van der Waals surface area contributed by atoms with Crippen LogP contribution < -0.4 is 4.74 Å². The van der Waals surface area contributed by atoms with Gasteiger partial charge in [0.25, 0.3) is 0 Å². The Morgan fingerprint density at radius 2 is 1.93 bits per heavy atom. The van der Waals surface area contributed by atoms with Crippen LogP contribution in [0.2, 0.25) is 0 Å². The van der Waals surface area contributed by atoms with Gasteiger partial charge in [-0.15, -0.1) is 0 Å². The Balaban J connectivity index is 1.45. The fourth-order valence-electron chi connectivity index (χ4n) is 5.99. The molecule has 5 heteroatoms. The van der Waals surface area contributed by atoms with Crippen LogP contribution in [0.1, 0.15) is 57.9 Å². The number of likely N-dealkylation sites (tertiary alicyclic amines) is 1. The second-order valence-electron chi connectivity index (χ2n) is 9.97. The summed E-state index contributed by atoms with van der Waals surface area (Å²) in [5.41, 5.74) is 1.31. The monoisotopic (exact) mass is 414 g/mol. The maximum atomic E-state index is 12.9. The van der Waals surface area contributed by atoms with Gasteiger partial charge in [0.15, 0.2) is 0 Å². The lowest BCUT2D eigenvalue weighted by Gasteiger charge is -2.57. The molecule has 166 valence electrons. The molecule has 0 saturated carbocycles. The summed E-state index contributed by atoms with van der Waals surface area (Å²) >= 11 is 0. The second kappa shape index (κ2) is 9.69. The predicted octanol–water partition coefficient (Wildman–Crippen LogP) is 3.70. The van der Waals surface area contributed by atoms with Gasteiger partial charge < -0.3 is 14.7 Å². The number of ether oxygens (including phenoxy) is 1. The number of hydrogen-bond acceptors (Lipinski definition) is 4. The van der Waals surface area contributed by atoms with E-state index in [0.29, 0.717) is 42.4 Å². The normalized spacial score (nSPS) is 29.2. The van der Waals surface area contributed by atoms with E-state index in [-0.39, 0.29) is 6.61 Å². The molecule has 1 aromatic rings. The summed E-state index contributed by atoms with van der Waals surface area (Å²) in [6, 6.07) is 9.18. The minimum Gasteiger partial charge on any atom is -0.491 e. The van der Waals surface area contributed by atoms with Crippen molar-refractivity contribution in [2.75, 3.05) is 26.3 Å². The summed E-state index contributed by atoms with van der Waals surface area (Å²) in [6.45, 7) is 8.12. The van der Waals surface area contributed by atoms with Gasteiger partial charge in [-0.2, -0.15) is 0 Å². The average Bonchev–Trinajstić information content (AvgIpc) is 2.73. The van der Waals surface area contributed by atoms with Crippen LogP contribution in [-0.4, -0.2) is 59.2 Å². The van der Waals surface area contributed by atoms with E-state index in [1.54, 1.807) is 0 Å². The maximum Gasteiger partial charge on any atom is 0.223 e. The first kappa shape index (κ1) is 21.6. The van der Waals surface area contributed by atoms with Gasteiger partial charge in [0.05, 0.1) is 6.61 Å². The highest BCUT2D eigenvalue weighted by atomic mass is 16.5. The Bertz CT molecular complexity index is 705. The van der Waals surface area contributed by atoms with Crippen molar-refractivity contribution < 1.29 is 14.6 Å². The Morgan fingerprint density at radius 3 is 2.67 bits per heavy atom. The molecular formula is C25H38N2O3. The lowest BCUT2D eigenvalue weighted by molar-refractivity contribution is -0.153. The quantitative estimate of drug-likeness (QED) is 0.705. The van der Waals surface area contributed by atoms with Crippen molar-refractivity contribution in [3.05, 3.63) is 29.8 Å². The molecule has 3 aliphatic rings. The molecule has 0 aromatic heterocycles. The molecule has 30 heavy (non-hydrogen) atoms. The third-order valence-corrected chi connectivity index (χ3v) is 7.30. The lowest BCUT2D eigenvalue weighted by atomic mass is 9.70. The first-order chi connectivity index (χ1) is 14.5. The molecule has 1 aromatic carbocycles. The van der Waals surface area contributed by atoms with Crippen molar-refractivity contribution in [3.8, 4) is 5.75 Å². The van der Waals surface area contributed by atoms with Crippen LogP contribution in [0.25, 0.3) is 0 Å². The number of rotatable bonds is 8. The number of piperidine rings is 3. The number of nitrogens with zero attached hydrogens (tertiary/aromatic N) is 2. The standard InChI is InChI=1S/C25H38N2O3/c1-18(2)6-11-24-21-14-20(23-4-3-5-25(29)27(23)24)16-26(17-21)15-19-7-9-22(10-8-19)30-13-12-28/h7-10,18,20-21,23-24,28H,3-6,11-17H2,1-2H3/t20-,21+,23+,24+/m1/s1. The van der Waals surface area contributed by atoms with Crippen molar-refractivity contribution >= 4 is 5.91 Å². The SMILES string of the molecule is CC(C)CC[C@H]1[C@H]2C[C@H](CN(Cc3ccc(OCCO)cc3)C2)[C@@H]2CCCC(=O)N21. The smallest absolute Gasteiger partial charge is 0.223 e. The highest BCUT2D eigenvalue weighted by molar-refractivity contribution is 5.78. The number of aliphatic hydroxyl groups excluding tert-OH is 1. The van der Waals surface area contributed by atoms with E-state index in [1.165, 1.54) is 24.8 Å². The third-order valence-electron chi connectivity index (χ3n) is 7.30. The van der Waals surface area contributed by atoms with Crippen LogP contribution in [0.15, 0.2) is 24.3 Å². The van der Waals surface area contributed by atoms with E-state index in [9.17, 15) is 4.79 Å². The number of aliphatic hydroxyl groups is 1. The van der Waals surface area contributed by atoms with Crippen LogP contribution in [-0.2, 0) is 11.3 Å². The zero-order valence-corrected chi connectivity index (χ0v) is 18.6. The molecule has 4 atom stereocenters. The molecular weight excluding hydrogens is 376 g/mol. The molecule has 3 heterocycles. The van der Waals surface area contributed by atoms with E-state index in [0.717, 1.165) is 44.6 Å². The summed E-state index contributed by atoms with van der Waals surface area (Å²) in [4.78, 5) is 17.9. The maximum absolute atomic E-state index is 12.9. The summed E-state index contributed by atoms with van der Waals surface area (Å²) in [7, 11) is 0. The van der Waals surface area contributed by atoms with Gasteiger partial charge in [-0.1, -0.05) is 26.0 Å². The van der Waals surface area contributed by atoms with Gasteiger partial charge in [-0.25, -0.2) is 0 Å². The molecule has 1 amide bonds. The van der Waals surface area contributed by atoms with Crippen molar-refractivity contribution in [1.29, 1.82) is 0 Å². The number of carbonyl (C=O) groups is 1. The molecule has 1 N–H and O–H groups in total. The summed E-state index contributed by atoms with van der Waals surface area (Å²) in [5.74, 6) is 3.14. The fraction of sp³-hybridized carbons (Fsp3) is 0.720. The predicted molar refractivity (Wildman–Crippen MR) is 118 cm³/mol. The van der Waals surface area contributed by atoms with Gasteiger partial charge in [0.1, 0.15) is 12.4 Å². The number of fused-ring (bicyclic) bond motifs is 4. The first-order valence-corrected chi connectivity index (χ1v) is 11.9. The molecule has 2 bridgehead atoms. The lowest BCUT2D eigenvalue weighted by Crippen LogP contribution is -2.64. The zero-order valence-electron chi connectivity index (χ0n) is 18.6. The molecule has 5 nitrogen and oxygen atoms in total. The van der Waals surface area contributed by atoms with E-state index in [2.05, 4.69) is 35.8 Å². The molecule has 3 fully saturated rings. The van der Waals surface area contributed by atoms with Crippen molar-refractivity contribution in [1.82, 2.24) is 9.80 Å². The van der Waals surface area contributed by atoms with Crippen LogP contribution in [0, 0.1) is 17.8 Å². The molecule has 4 rings (SSSR count). The second-order valence-corrected chi connectivity index (χ2v) is 9.97. The summed E-state index contributed by atoms with van der Waals surface area (Å²) in [5, 5.41) is 8.91. The fourth-order valence-corrected chi connectivity index (χ4v) is 5.99. The van der Waals surface area contributed by atoms with Gasteiger partial charge >= 0.3 is 0 Å². The number of benzene rings is 1. The van der Waals surface area contributed by atoms with Crippen molar-refractivity contribution in [2.45, 2.75) is 71.0 Å². The van der Waals surface area contributed by atoms with Gasteiger partial charge in [0.2, 0.25) is 5.91 Å². The van der Waals surface area contributed by atoms with E-state index in [4.69, 9.17) is 9.84 Å². The molecule has 3 aliphatic heterocycles. The van der Waals surface area contributed by atoms with E-state index in [1.807, 2.05) is 12.1 Å². The largest absolute Gasteiger partial charge is 0.491 e. The topological polar surface area (TPSA) is 53.0 Å². The number of carbonyl (C=O) groups excluding carboxylic acids is 1. The van der Waals surface area contributed by atoms with Crippen LogP contribution in [0.3, 0.4) is 0 Å². The van der Waals surface area contributed by atoms with E-state index >= 15 is 0 Å². The molecule has 0 aliphatic carbocycles. The van der Waals surface area contributed by atoms with E-state index < -0.39 is 0 Å². The van der Waals surface area contributed by atoms with Crippen LogP contribution in [0.4, 0.5) is 0 Å². The Kier molecular flexibility index (Phi) is 6.99. The summed E-state index contributed by atoms with van der Waals surface area (Å²) in [6.07, 6.45) is 6.66. The Hall–Kier alpha value is -1.59. The minimum absolute atomic E-state index is 0.0387. The molecule has 0 unspecified atom stereocenters. The first-order valence-electron chi connectivity index (χ1n) is 11.9. The molecule has 0 spiro atoms. The Morgan fingerprint density at radius 1 is 1.17 bits per heavy atom. The molecule has 0 radical (unpaired) electrons. The Labute approximate surface area is 181 Å². The zero-order chi connectivity index (χ0) is 21.1. The highest BCUT2D eigenvalue weighted by Crippen LogP contribution is 2.43. The van der Waals surface area contributed by atoms with Gasteiger partial charge in [-0.3, -0.25) is 9.69 Å². The minimum atomic E-state index is 0.0387. The van der Waals surface area contributed by atoms with Gasteiger partial charge in [-0.05, 0) is 67.6 Å². The van der Waals surface area contributed by atoms with Crippen molar-refractivity contribution in [2.24, 2.45) is 17.8 Å². The highest BCUT2D eigenvalue weighted by Gasteiger charge is 2.48. The average molecular weight is 415 g/mol. The number of amides is 1.